The number of ether oxygens (including phenoxy) is 1. The van der Waals surface area contributed by atoms with Gasteiger partial charge in [0.25, 0.3) is 5.91 Å². The van der Waals surface area contributed by atoms with Gasteiger partial charge >= 0.3 is 0 Å². The molecule has 1 saturated heterocycles. The number of hydrogen-bond donors (Lipinski definition) is 0. The van der Waals surface area contributed by atoms with Gasteiger partial charge in [0, 0.05) is 44.5 Å². The maximum atomic E-state index is 13.9. The van der Waals surface area contributed by atoms with E-state index in [2.05, 4.69) is 9.88 Å². The highest BCUT2D eigenvalue weighted by Crippen LogP contribution is 2.24. The van der Waals surface area contributed by atoms with Crippen LogP contribution >= 0.6 is 11.6 Å². The first-order valence-electron chi connectivity index (χ1n) is 9.51. The fourth-order valence-electron chi connectivity index (χ4n) is 3.23. The van der Waals surface area contributed by atoms with Crippen LogP contribution in [-0.2, 0) is 6.54 Å². The molecule has 1 aliphatic rings. The van der Waals surface area contributed by atoms with Gasteiger partial charge in [-0.3, -0.25) is 9.69 Å². The molecule has 5 nitrogen and oxygen atoms in total. The van der Waals surface area contributed by atoms with Crippen molar-refractivity contribution >= 4 is 17.5 Å². The highest BCUT2D eigenvalue weighted by molar-refractivity contribution is 6.32. The molecule has 0 bridgehead atoms. The van der Waals surface area contributed by atoms with Crippen molar-refractivity contribution in [3.05, 3.63) is 58.5 Å². The van der Waals surface area contributed by atoms with E-state index in [4.69, 9.17) is 16.3 Å². The fraction of sp³-hybridized carbons (Fsp3) is 0.429. The molecule has 0 atom stereocenters. The van der Waals surface area contributed by atoms with Crippen molar-refractivity contribution in [2.45, 2.75) is 32.9 Å². The lowest BCUT2D eigenvalue weighted by molar-refractivity contribution is 0.0760. The molecule has 0 aliphatic carbocycles. The minimum absolute atomic E-state index is 0.0439. The van der Waals surface area contributed by atoms with Crippen LogP contribution in [0.2, 0.25) is 5.02 Å². The first-order chi connectivity index (χ1) is 13.4. The lowest BCUT2D eigenvalue weighted by Crippen LogP contribution is -2.35. The lowest BCUT2D eigenvalue weighted by atomic mass is 10.2. The van der Waals surface area contributed by atoms with Crippen LogP contribution in [0.4, 0.5) is 4.39 Å². The molecule has 2 heterocycles. The molecular formula is C21H25ClFN3O2. The van der Waals surface area contributed by atoms with E-state index < -0.39 is 0 Å². The van der Waals surface area contributed by atoms with Crippen molar-refractivity contribution in [3.63, 3.8) is 0 Å². The highest BCUT2D eigenvalue weighted by atomic mass is 35.5. The largest absolute Gasteiger partial charge is 0.474 e. The predicted molar refractivity (Wildman–Crippen MR) is 107 cm³/mol. The van der Waals surface area contributed by atoms with Crippen LogP contribution in [0.15, 0.2) is 36.5 Å². The number of nitrogens with zero attached hydrogens (tertiary/aromatic N) is 3. The minimum Gasteiger partial charge on any atom is -0.474 e. The maximum Gasteiger partial charge on any atom is 0.255 e. The van der Waals surface area contributed by atoms with Crippen molar-refractivity contribution in [1.29, 1.82) is 0 Å². The second-order valence-electron chi connectivity index (χ2n) is 7.19. The topological polar surface area (TPSA) is 45.7 Å². The first-order valence-corrected chi connectivity index (χ1v) is 9.89. The summed E-state index contributed by atoms with van der Waals surface area (Å²) in [5, 5.41) is 0.329. The van der Waals surface area contributed by atoms with Gasteiger partial charge in [-0.05, 0) is 32.4 Å². The molecule has 1 aliphatic heterocycles. The SMILES string of the molecule is CC(C)Oc1ncc(C(=O)N2CCCN(Cc3ccccc3F)CC2)cc1Cl. The molecule has 1 aromatic heterocycles. The van der Waals surface area contributed by atoms with Crippen LogP contribution in [-0.4, -0.2) is 53.0 Å². The Morgan fingerprint density at radius 2 is 2.04 bits per heavy atom. The van der Waals surface area contributed by atoms with Gasteiger partial charge in [0.2, 0.25) is 5.88 Å². The predicted octanol–water partition coefficient (Wildman–Crippen LogP) is 4.01. The fourth-order valence-corrected chi connectivity index (χ4v) is 3.45. The van der Waals surface area contributed by atoms with E-state index in [9.17, 15) is 9.18 Å². The summed E-state index contributed by atoms with van der Waals surface area (Å²) >= 11 is 6.21. The number of pyridine rings is 1. The molecule has 28 heavy (non-hydrogen) atoms. The van der Waals surface area contributed by atoms with Gasteiger partial charge < -0.3 is 9.64 Å². The summed E-state index contributed by atoms with van der Waals surface area (Å²) in [6, 6.07) is 8.42. The Balaban J connectivity index is 1.62. The number of benzene rings is 1. The second kappa shape index (κ2) is 9.34. The Morgan fingerprint density at radius 1 is 1.25 bits per heavy atom. The third-order valence-corrected chi connectivity index (χ3v) is 4.90. The maximum absolute atomic E-state index is 13.9. The molecule has 1 fully saturated rings. The van der Waals surface area contributed by atoms with Crippen LogP contribution in [0, 0.1) is 5.82 Å². The van der Waals surface area contributed by atoms with E-state index in [0.29, 0.717) is 48.2 Å². The van der Waals surface area contributed by atoms with Gasteiger partial charge in [-0.15, -0.1) is 0 Å². The molecule has 150 valence electrons. The molecule has 1 amide bonds. The van der Waals surface area contributed by atoms with Gasteiger partial charge in [0.1, 0.15) is 10.8 Å². The standard InChI is InChI=1S/C21H25ClFN3O2/c1-15(2)28-20-18(22)12-17(13-24-20)21(27)26-9-5-8-25(10-11-26)14-16-6-3-4-7-19(16)23/h3-4,6-7,12-13,15H,5,8-11,14H2,1-2H3. The number of hydrogen-bond acceptors (Lipinski definition) is 4. The molecule has 2 aromatic rings. The smallest absolute Gasteiger partial charge is 0.255 e. The molecule has 3 rings (SSSR count). The monoisotopic (exact) mass is 405 g/mol. The number of amides is 1. The summed E-state index contributed by atoms with van der Waals surface area (Å²) in [6.45, 7) is 7.06. The summed E-state index contributed by atoms with van der Waals surface area (Å²) in [6.07, 6.45) is 2.29. The molecule has 0 unspecified atom stereocenters. The lowest BCUT2D eigenvalue weighted by Gasteiger charge is -2.22. The number of halogens is 2. The molecule has 0 N–H and O–H groups in total. The highest BCUT2D eigenvalue weighted by Gasteiger charge is 2.22. The van der Waals surface area contributed by atoms with Crippen molar-refractivity contribution in [2.75, 3.05) is 26.2 Å². The number of carbonyl (C=O) groups excluding carboxylic acids is 1. The zero-order chi connectivity index (χ0) is 20.1. The second-order valence-corrected chi connectivity index (χ2v) is 7.60. The quantitative estimate of drug-likeness (QED) is 0.754. The van der Waals surface area contributed by atoms with E-state index in [-0.39, 0.29) is 17.8 Å². The van der Waals surface area contributed by atoms with Crippen molar-refractivity contribution in [3.8, 4) is 5.88 Å². The summed E-state index contributed by atoms with van der Waals surface area (Å²) in [5.41, 5.74) is 1.13. The minimum atomic E-state index is -0.191. The molecular weight excluding hydrogens is 381 g/mol. The van der Waals surface area contributed by atoms with Gasteiger partial charge in [-0.2, -0.15) is 0 Å². The van der Waals surface area contributed by atoms with E-state index in [1.165, 1.54) is 12.3 Å². The Labute approximate surface area is 170 Å². The molecule has 0 radical (unpaired) electrons. The van der Waals surface area contributed by atoms with Crippen molar-refractivity contribution in [2.24, 2.45) is 0 Å². The van der Waals surface area contributed by atoms with Gasteiger partial charge in [-0.25, -0.2) is 9.37 Å². The number of carbonyl (C=O) groups is 1. The molecule has 1 aromatic carbocycles. The van der Waals surface area contributed by atoms with E-state index >= 15 is 0 Å². The average Bonchev–Trinajstić information content (AvgIpc) is 2.90. The van der Waals surface area contributed by atoms with Crippen LogP contribution in [0.3, 0.4) is 0 Å². The van der Waals surface area contributed by atoms with Crippen molar-refractivity contribution < 1.29 is 13.9 Å². The average molecular weight is 406 g/mol. The summed E-state index contributed by atoms with van der Waals surface area (Å²) in [5.74, 6) is 0.0440. The third kappa shape index (κ3) is 5.20. The zero-order valence-electron chi connectivity index (χ0n) is 16.2. The first kappa shape index (κ1) is 20.6. The Kier molecular flexibility index (Phi) is 6.86. The summed E-state index contributed by atoms with van der Waals surface area (Å²) in [7, 11) is 0. The van der Waals surface area contributed by atoms with Gasteiger partial charge in [0.05, 0.1) is 11.7 Å². The van der Waals surface area contributed by atoms with Crippen molar-refractivity contribution in [1.82, 2.24) is 14.8 Å². The number of rotatable bonds is 5. The molecule has 7 heteroatoms. The van der Waals surface area contributed by atoms with Crippen LogP contribution < -0.4 is 4.74 Å². The van der Waals surface area contributed by atoms with E-state index in [0.717, 1.165) is 13.0 Å². The van der Waals surface area contributed by atoms with Crippen LogP contribution in [0.25, 0.3) is 0 Å². The van der Waals surface area contributed by atoms with Crippen LogP contribution in [0.5, 0.6) is 5.88 Å². The van der Waals surface area contributed by atoms with E-state index in [1.54, 1.807) is 23.1 Å². The van der Waals surface area contributed by atoms with Crippen LogP contribution in [0.1, 0.15) is 36.2 Å². The van der Waals surface area contributed by atoms with Gasteiger partial charge in [-0.1, -0.05) is 29.8 Å². The molecule has 0 saturated carbocycles. The number of aromatic nitrogens is 1. The third-order valence-electron chi connectivity index (χ3n) is 4.63. The normalized spacial score (nSPS) is 15.5. The molecule has 0 spiro atoms. The Hall–Kier alpha value is -2.18. The summed E-state index contributed by atoms with van der Waals surface area (Å²) in [4.78, 5) is 21.0. The van der Waals surface area contributed by atoms with Gasteiger partial charge in [0.15, 0.2) is 0 Å². The van der Waals surface area contributed by atoms with E-state index in [1.807, 2.05) is 19.9 Å². The zero-order valence-corrected chi connectivity index (χ0v) is 17.0. The Bertz CT molecular complexity index is 831. The Morgan fingerprint density at radius 3 is 2.75 bits per heavy atom. The summed E-state index contributed by atoms with van der Waals surface area (Å²) < 4.78 is 19.4.